The Hall–Kier alpha value is -1.35. The van der Waals surface area contributed by atoms with Gasteiger partial charge in [-0.15, -0.1) is 0 Å². The van der Waals surface area contributed by atoms with E-state index in [4.69, 9.17) is 12.2 Å². The number of aromatic amines is 1. The number of hydrogen-bond acceptors (Lipinski definition) is 1. The largest absolute Gasteiger partial charge is 0.337 e. The van der Waals surface area contributed by atoms with Gasteiger partial charge in [-0.25, -0.2) is 0 Å². The fraction of sp³-hybridized carbons (Fsp3) is 0.308. The van der Waals surface area contributed by atoms with Gasteiger partial charge in [0.05, 0.1) is 5.69 Å². The topological polar surface area (TPSA) is 20.7 Å². The van der Waals surface area contributed by atoms with E-state index < -0.39 is 0 Å². The maximum absolute atomic E-state index is 5.28. The van der Waals surface area contributed by atoms with Crippen LogP contribution in [0.2, 0.25) is 0 Å². The molecule has 3 heteroatoms. The number of benzene rings is 1. The standard InChI is InChI=1S/C13H14N2S/c16-13-14-8-9-15(13)12-7-3-5-10-4-1-2-6-11(10)12/h3,5,7-9H,1-2,4,6H2,(H,14,16). The van der Waals surface area contributed by atoms with E-state index >= 15 is 0 Å². The fourth-order valence-electron chi connectivity index (χ4n) is 2.50. The second-order valence-electron chi connectivity index (χ2n) is 4.26. The molecule has 0 spiro atoms. The number of H-pyrrole nitrogens is 1. The fourth-order valence-corrected chi connectivity index (χ4v) is 2.72. The molecule has 1 heterocycles. The molecule has 16 heavy (non-hydrogen) atoms. The van der Waals surface area contributed by atoms with E-state index in [0.717, 1.165) is 4.77 Å². The van der Waals surface area contributed by atoms with Gasteiger partial charge in [0, 0.05) is 12.4 Å². The van der Waals surface area contributed by atoms with Crippen molar-refractivity contribution in [2.24, 2.45) is 0 Å². The van der Waals surface area contributed by atoms with Gasteiger partial charge in [0.2, 0.25) is 0 Å². The Labute approximate surface area is 99.9 Å². The number of rotatable bonds is 1. The zero-order valence-corrected chi connectivity index (χ0v) is 9.89. The van der Waals surface area contributed by atoms with Crippen LogP contribution in [-0.2, 0) is 12.8 Å². The van der Waals surface area contributed by atoms with Crippen LogP contribution in [0.4, 0.5) is 0 Å². The van der Waals surface area contributed by atoms with Crippen molar-refractivity contribution in [3.05, 3.63) is 46.5 Å². The SMILES string of the molecule is S=c1[nH]ccn1-c1cccc2c1CCCC2. The van der Waals surface area contributed by atoms with Gasteiger partial charge >= 0.3 is 0 Å². The summed E-state index contributed by atoms with van der Waals surface area (Å²) in [6.07, 6.45) is 8.90. The zero-order valence-electron chi connectivity index (χ0n) is 9.07. The number of hydrogen-bond donors (Lipinski definition) is 1. The third-order valence-electron chi connectivity index (χ3n) is 3.28. The average Bonchev–Trinajstić information content (AvgIpc) is 2.75. The molecule has 0 saturated heterocycles. The van der Waals surface area contributed by atoms with Crippen molar-refractivity contribution in [3.63, 3.8) is 0 Å². The smallest absolute Gasteiger partial charge is 0.181 e. The lowest BCUT2D eigenvalue weighted by Crippen LogP contribution is -2.07. The van der Waals surface area contributed by atoms with Gasteiger partial charge in [0.25, 0.3) is 0 Å². The van der Waals surface area contributed by atoms with Crippen molar-refractivity contribution in [3.8, 4) is 5.69 Å². The molecule has 0 saturated carbocycles. The summed E-state index contributed by atoms with van der Waals surface area (Å²) in [7, 11) is 0. The maximum atomic E-state index is 5.28. The summed E-state index contributed by atoms with van der Waals surface area (Å²) in [5.74, 6) is 0. The average molecular weight is 230 g/mol. The van der Waals surface area contributed by atoms with Crippen molar-refractivity contribution in [2.75, 3.05) is 0 Å². The molecule has 0 aliphatic heterocycles. The minimum atomic E-state index is 0.777. The molecule has 3 rings (SSSR count). The first-order valence-electron chi connectivity index (χ1n) is 5.73. The van der Waals surface area contributed by atoms with E-state index in [1.807, 2.05) is 12.4 Å². The number of aromatic nitrogens is 2. The van der Waals surface area contributed by atoms with Gasteiger partial charge in [0.1, 0.15) is 0 Å². The second-order valence-corrected chi connectivity index (χ2v) is 4.64. The van der Waals surface area contributed by atoms with Crippen molar-refractivity contribution in [2.45, 2.75) is 25.7 Å². The lowest BCUT2D eigenvalue weighted by molar-refractivity contribution is 0.681. The monoisotopic (exact) mass is 230 g/mol. The highest BCUT2D eigenvalue weighted by Gasteiger charge is 2.13. The molecule has 1 aliphatic rings. The van der Waals surface area contributed by atoms with Gasteiger partial charge < -0.3 is 4.98 Å². The molecule has 0 radical (unpaired) electrons. The van der Waals surface area contributed by atoms with Crippen LogP contribution < -0.4 is 0 Å². The Morgan fingerprint density at radius 1 is 1.19 bits per heavy atom. The number of aryl methyl sites for hydroxylation is 1. The number of nitrogens with zero attached hydrogens (tertiary/aromatic N) is 1. The molecule has 0 fully saturated rings. The van der Waals surface area contributed by atoms with E-state index in [1.54, 1.807) is 0 Å². The van der Waals surface area contributed by atoms with Crippen molar-refractivity contribution in [1.29, 1.82) is 0 Å². The maximum Gasteiger partial charge on any atom is 0.181 e. The summed E-state index contributed by atoms with van der Waals surface area (Å²) >= 11 is 5.28. The Kier molecular flexibility index (Phi) is 2.40. The predicted molar refractivity (Wildman–Crippen MR) is 67.6 cm³/mol. The summed E-state index contributed by atoms with van der Waals surface area (Å²) < 4.78 is 2.85. The van der Waals surface area contributed by atoms with Gasteiger partial charge in [-0.1, -0.05) is 12.1 Å². The molecule has 0 amide bonds. The molecule has 0 unspecified atom stereocenters. The zero-order chi connectivity index (χ0) is 11.0. The van der Waals surface area contributed by atoms with Crippen molar-refractivity contribution < 1.29 is 0 Å². The predicted octanol–water partition coefficient (Wildman–Crippen LogP) is 3.41. The lowest BCUT2D eigenvalue weighted by atomic mass is 9.90. The Balaban J connectivity index is 2.21. The molecule has 2 aromatic rings. The highest BCUT2D eigenvalue weighted by atomic mass is 32.1. The van der Waals surface area contributed by atoms with Crippen LogP contribution in [-0.4, -0.2) is 9.55 Å². The Morgan fingerprint density at radius 2 is 2.06 bits per heavy atom. The van der Waals surface area contributed by atoms with Gasteiger partial charge in [-0.3, -0.25) is 4.57 Å². The van der Waals surface area contributed by atoms with Crippen molar-refractivity contribution in [1.82, 2.24) is 9.55 Å². The molecule has 0 bridgehead atoms. The van der Waals surface area contributed by atoms with Crippen LogP contribution in [0.15, 0.2) is 30.6 Å². The van der Waals surface area contributed by atoms with Gasteiger partial charge in [0.15, 0.2) is 4.77 Å². The first-order valence-corrected chi connectivity index (χ1v) is 6.14. The minimum absolute atomic E-state index is 0.777. The lowest BCUT2D eigenvalue weighted by Gasteiger charge is -2.19. The van der Waals surface area contributed by atoms with E-state index in [2.05, 4.69) is 27.8 Å². The van der Waals surface area contributed by atoms with Gasteiger partial charge in [-0.2, -0.15) is 0 Å². The van der Waals surface area contributed by atoms with Crippen LogP contribution >= 0.6 is 12.2 Å². The van der Waals surface area contributed by atoms with E-state index in [1.165, 1.54) is 42.5 Å². The van der Waals surface area contributed by atoms with Crippen LogP contribution in [0.25, 0.3) is 5.69 Å². The van der Waals surface area contributed by atoms with E-state index in [0.29, 0.717) is 0 Å². The first-order chi connectivity index (χ1) is 7.86. The quantitative estimate of drug-likeness (QED) is 0.744. The van der Waals surface area contributed by atoms with Crippen molar-refractivity contribution >= 4 is 12.2 Å². The number of imidazole rings is 1. The molecular formula is C13H14N2S. The summed E-state index contributed by atoms with van der Waals surface area (Å²) in [6, 6.07) is 6.54. The van der Waals surface area contributed by atoms with Crippen LogP contribution in [0.3, 0.4) is 0 Å². The van der Waals surface area contributed by atoms with Crippen LogP contribution in [0, 0.1) is 4.77 Å². The molecule has 2 nitrogen and oxygen atoms in total. The molecule has 1 aliphatic carbocycles. The van der Waals surface area contributed by atoms with E-state index in [-0.39, 0.29) is 0 Å². The van der Waals surface area contributed by atoms with E-state index in [9.17, 15) is 0 Å². The summed E-state index contributed by atoms with van der Waals surface area (Å²) in [5.41, 5.74) is 4.22. The van der Waals surface area contributed by atoms with Crippen LogP contribution in [0.1, 0.15) is 24.0 Å². The molecular weight excluding hydrogens is 216 g/mol. The normalized spacial score (nSPS) is 14.8. The van der Waals surface area contributed by atoms with Gasteiger partial charge in [-0.05, 0) is 55.1 Å². The van der Waals surface area contributed by atoms with Crippen LogP contribution in [0.5, 0.6) is 0 Å². The third-order valence-corrected chi connectivity index (χ3v) is 3.59. The highest BCUT2D eigenvalue weighted by molar-refractivity contribution is 7.71. The molecule has 0 atom stereocenters. The molecule has 82 valence electrons. The third kappa shape index (κ3) is 1.52. The Bertz CT molecular complexity index is 565. The Morgan fingerprint density at radius 3 is 2.88 bits per heavy atom. The minimum Gasteiger partial charge on any atom is -0.337 e. The first kappa shape index (κ1) is 9.85. The summed E-state index contributed by atoms with van der Waals surface area (Å²) in [5, 5.41) is 0. The molecule has 1 aromatic carbocycles. The summed E-state index contributed by atoms with van der Waals surface area (Å²) in [4.78, 5) is 3.05. The summed E-state index contributed by atoms with van der Waals surface area (Å²) in [6.45, 7) is 0. The molecule has 1 aromatic heterocycles. The molecule has 1 N–H and O–H groups in total. The highest BCUT2D eigenvalue weighted by Crippen LogP contribution is 2.26. The number of nitrogens with one attached hydrogen (secondary N) is 1. The number of fused-ring (bicyclic) bond motifs is 1. The second kappa shape index (κ2) is 3.91.